The van der Waals surface area contributed by atoms with Crippen molar-refractivity contribution in [2.45, 2.75) is 12.3 Å². The molecule has 0 aliphatic heterocycles. The van der Waals surface area contributed by atoms with Crippen molar-refractivity contribution >= 4 is 5.91 Å². The molecule has 1 rings (SSSR count). The summed E-state index contributed by atoms with van der Waals surface area (Å²) in [6.45, 7) is -0.960. The summed E-state index contributed by atoms with van der Waals surface area (Å²) in [5, 5.41) is 19.5. The third kappa shape index (κ3) is 3.91. The molecule has 1 heterocycles. The van der Waals surface area contributed by atoms with Gasteiger partial charge in [-0.1, -0.05) is 0 Å². The van der Waals surface area contributed by atoms with Crippen molar-refractivity contribution in [3.05, 3.63) is 24.0 Å². The van der Waals surface area contributed by atoms with Crippen molar-refractivity contribution in [1.29, 1.82) is 0 Å². The van der Waals surface area contributed by atoms with Crippen LogP contribution >= 0.6 is 0 Å². The lowest BCUT2D eigenvalue weighted by atomic mass is 10.2. The van der Waals surface area contributed by atoms with E-state index in [9.17, 15) is 18.0 Å². The summed E-state index contributed by atoms with van der Waals surface area (Å²) in [6.07, 6.45) is -5.27. The number of hydrogen-bond acceptors (Lipinski definition) is 4. The molecule has 0 spiro atoms. The minimum atomic E-state index is -4.79. The number of aromatic nitrogens is 1. The van der Waals surface area contributed by atoms with E-state index in [4.69, 9.17) is 10.2 Å². The van der Waals surface area contributed by atoms with Crippen LogP contribution in [0.25, 0.3) is 0 Å². The molecule has 0 fully saturated rings. The van der Waals surface area contributed by atoms with Gasteiger partial charge in [0, 0.05) is 6.20 Å². The molecule has 8 heteroatoms. The number of alkyl halides is 3. The Kier molecular flexibility index (Phi) is 3.89. The summed E-state index contributed by atoms with van der Waals surface area (Å²) >= 11 is 0. The van der Waals surface area contributed by atoms with Crippen molar-refractivity contribution < 1.29 is 28.2 Å². The minimum absolute atomic E-state index is 0.0978. The maximum atomic E-state index is 11.9. The molecule has 3 N–H and O–H groups in total. The zero-order chi connectivity index (χ0) is 13.1. The van der Waals surface area contributed by atoms with Gasteiger partial charge in [0.25, 0.3) is 5.91 Å². The molecule has 0 radical (unpaired) electrons. The van der Waals surface area contributed by atoms with Crippen LogP contribution in [0.4, 0.5) is 13.2 Å². The van der Waals surface area contributed by atoms with E-state index in [1.54, 1.807) is 0 Å². The molecule has 0 saturated carbocycles. The summed E-state index contributed by atoms with van der Waals surface area (Å²) in [4.78, 5) is 14.8. The summed E-state index contributed by atoms with van der Waals surface area (Å²) in [7, 11) is 0. The SMILES string of the molecule is O=C(NCC(O)C(F)(F)F)c1cncc(O)c1. The smallest absolute Gasteiger partial charge is 0.416 e. The van der Waals surface area contributed by atoms with Crippen LogP contribution in [-0.4, -0.2) is 39.9 Å². The van der Waals surface area contributed by atoms with Crippen LogP contribution < -0.4 is 5.32 Å². The quantitative estimate of drug-likeness (QED) is 0.727. The highest BCUT2D eigenvalue weighted by molar-refractivity contribution is 5.94. The van der Waals surface area contributed by atoms with Crippen molar-refractivity contribution in [1.82, 2.24) is 10.3 Å². The van der Waals surface area contributed by atoms with E-state index in [1.807, 2.05) is 5.32 Å². The predicted octanol–water partition coefficient (Wildman–Crippen LogP) is 0.440. The average molecular weight is 250 g/mol. The fraction of sp³-hybridized carbons (Fsp3) is 0.333. The Labute approximate surface area is 93.9 Å². The molecule has 0 aliphatic rings. The minimum Gasteiger partial charge on any atom is -0.506 e. The van der Waals surface area contributed by atoms with Crippen molar-refractivity contribution in [3.63, 3.8) is 0 Å². The molecule has 1 unspecified atom stereocenters. The molecule has 17 heavy (non-hydrogen) atoms. The monoisotopic (exact) mass is 250 g/mol. The van der Waals surface area contributed by atoms with Gasteiger partial charge < -0.3 is 15.5 Å². The largest absolute Gasteiger partial charge is 0.506 e. The van der Waals surface area contributed by atoms with Crippen LogP contribution in [0.2, 0.25) is 0 Å². The second-order valence-electron chi connectivity index (χ2n) is 3.20. The molecule has 1 atom stereocenters. The van der Waals surface area contributed by atoms with Gasteiger partial charge >= 0.3 is 6.18 Å². The standard InChI is InChI=1S/C9H9F3N2O3/c10-9(11,12)7(16)4-14-8(17)5-1-6(15)3-13-2-5/h1-3,7,15-16H,4H2,(H,14,17). The normalized spacial score (nSPS) is 13.2. The van der Waals surface area contributed by atoms with Gasteiger partial charge in [0.05, 0.1) is 18.3 Å². The van der Waals surface area contributed by atoms with Crippen LogP contribution in [0.15, 0.2) is 18.5 Å². The van der Waals surface area contributed by atoms with Crippen LogP contribution in [0.1, 0.15) is 10.4 Å². The van der Waals surface area contributed by atoms with E-state index in [0.29, 0.717) is 0 Å². The molecule has 0 bridgehead atoms. The number of amides is 1. The molecule has 0 aliphatic carbocycles. The lowest BCUT2D eigenvalue weighted by molar-refractivity contribution is -0.201. The number of carbonyl (C=O) groups is 1. The summed E-state index contributed by atoms with van der Waals surface area (Å²) in [5.41, 5.74) is -0.0978. The van der Waals surface area contributed by atoms with Crippen LogP contribution in [-0.2, 0) is 0 Å². The van der Waals surface area contributed by atoms with E-state index in [2.05, 4.69) is 4.98 Å². The van der Waals surface area contributed by atoms with E-state index >= 15 is 0 Å². The first kappa shape index (κ1) is 13.2. The number of aliphatic hydroxyl groups excluding tert-OH is 1. The van der Waals surface area contributed by atoms with Gasteiger partial charge in [-0.2, -0.15) is 13.2 Å². The van der Waals surface area contributed by atoms with E-state index in [1.165, 1.54) is 0 Å². The highest BCUT2D eigenvalue weighted by atomic mass is 19.4. The Hall–Kier alpha value is -1.83. The number of carbonyl (C=O) groups excluding carboxylic acids is 1. The van der Waals surface area contributed by atoms with E-state index in [0.717, 1.165) is 18.5 Å². The molecule has 1 aromatic rings. The molecule has 1 aromatic heterocycles. The number of aromatic hydroxyl groups is 1. The highest BCUT2D eigenvalue weighted by Gasteiger charge is 2.38. The van der Waals surface area contributed by atoms with Gasteiger partial charge in [-0.05, 0) is 6.07 Å². The van der Waals surface area contributed by atoms with Gasteiger partial charge in [-0.3, -0.25) is 9.78 Å². The molecular formula is C9H9F3N2O3. The second kappa shape index (κ2) is 5.00. The maximum absolute atomic E-state index is 11.9. The van der Waals surface area contributed by atoms with Crippen LogP contribution in [0, 0.1) is 0 Å². The molecular weight excluding hydrogens is 241 g/mol. The van der Waals surface area contributed by atoms with Crippen LogP contribution in [0.3, 0.4) is 0 Å². The first-order chi connectivity index (χ1) is 7.80. The van der Waals surface area contributed by atoms with E-state index in [-0.39, 0.29) is 11.3 Å². The zero-order valence-corrected chi connectivity index (χ0v) is 8.40. The number of nitrogens with one attached hydrogen (secondary N) is 1. The summed E-state index contributed by atoms with van der Waals surface area (Å²) in [6, 6.07) is 1.04. The zero-order valence-electron chi connectivity index (χ0n) is 8.40. The number of nitrogens with zero attached hydrogens (tertiary/aromatic N) is 1. The Bertz CT molecular complexity index is 409. The average Bonchev–Trinajstić information content (AvgIpc) is 2.24. The Morgan fingerprint density at radius 2 is 2.12 bits per heavy atom. The van der Waals surface area contributed by atoms with Gasteiger partial charge in [-0.25, -0.2) is 0 Å². The van der Waals surface area contributed by atoms with Crippen molar-refractivity contribution in [2.24, 2.45) is 0 Å². The third-order valence-corrected chi connectivity index (χ3v) is 1.82. The fourth-order valence-corrected chi connectivity index (χ4v) is 0.959. The third-order valence-electron chi connectivity index (χ3n) is 1.82. The maximum Gasteiger partial charge on any atom is 0.416 e. The number of hydrogen-bond donors (Lipinski definition) is 3. The number of aliphatic hydroxyl groups is 1. The van der Waals surface area contributed by atoms with Crippen molar-refractivity contribution in [3.8, 4) is 5.75 Å². The topological polar surface area (TPSA) is 82.5 Å². The Balaban J connectivity index is 2.57. The van der Waals surface area contributed by atoms with Gasteiger partial charge in [0.2, 0.25) is 0 Å². The molecule has 94 valence electrons. The predicted molar refractivity (Wildman–Crippen MR) is 50.3 cm³/mol. The van der Waals surface area contributed by atoms with Crippen molar-refractivity contribution in [2.75, 3.05) is 6.54 Å². The number of pyridine rings is 1. The van der Waals surface area contributed by atoms with Crippen LogP contribution in [0.5, 0.6) is 5.75 Å². The highest BCUT2D eigenvalue weighted by Crippen LogP contribution is 2.19. The summed E-state index contributed by atoms with van der Waals surface area (Å²) in [5.74, 6) is -1.15. The lowest BCUT2D eigenvalue weighted by Crippen LogP contribution is -2.40. The van der Waals surface area contributed by atoms with Gasteiger partial charge in [-0.15, -0.1) is 0 Å². The fourth-order valence-electron chi connectivity index (χ4n) is 0.959. The first-order valence-corrected chi connectivity index (χ1v) is 4.47. The summed E-state index contributed by atoms with van der Waals surface area (Å²) < 4.78 is 35.7. The lowest BCUT2D eigenvalue weighted by Gasteiger charge is -2.14. The molecule has 5 nitrogen and oxygen atoms in total. The first-order valence-electron chi connectivity index (χ1n) is 4.47. The number of halogens is 3. The van der Waals surface area contributed by atoms with Gasteiger partial charge in [0.1, 0.15) is 5.75 Å². The number of rotatable bonds is 3. The Morgan fingerprint density at radius 3 is 2.65 bits per heavy atom. The van der Waals surface area contributed by atoms with E-state index < -0.39 is 24.7 Å². The Morgan fingerprint density at radius 1 is 1.47 bits per heavy atom. The molecule has 0 aromatic carbocycles. The van der Waals surface area contributed by atoms with Gasteiger partial charge in [0.15, 0.2) is 6.10 Å². The molecule has 1 amide bonds. The second-order valence-corrected chi connectivity index (χ2v) is 3.20. The molecule has 0 saturated heterocycles.